The van der Waals surface area contributed by atoms with Crippen LogP contribution in [0.4, 0.5) is 0 Å². The van der Waals surface area contributed by atoms with Crippen molar-refractivity contribution in [2.75, 3.05) is 6.61 Å². The summed E-state index contributed by atoms with van der Waals surface area (Å²) in [6.45, 7) is 2.50. The van der Waals surface area contributed by atoms with Gasteiger partial charge in [0, 0.05) is 0 Å². The van der Waals surface area contributed by atoms with Crippen molar-refractivity contribution in [1.82, 2.24) is 0 Å². The second kappa shape index (κ2) is 12.4. The van der Waals surface area contributed by atoms with E-state index in [1.165, 1.54) is 38.5 Å². The Labute approximate surface area is 148 Å². The van der Waals surface area contributed by atoms with E-state index >= 15 is 0 Å². The van der Waals surface area contributed by atoms with E-state index in [1.807, 2.05) is 0 Å². The van der Waals surface area contributed by atoms with Gasteiger partial charge in [0.1, 0.15) is 0 Å². The summed E-state index contributed by atoms with van der Waals surface area (Å²) in [5, 5.41) is 0. The van der Waals surface area contributed by atoms with E-state index < -0.39 is 10.1 Å². The van der Waals surface area contributed by atoms with Crippen molar-refractivity contribution in [3.05, 3.63) is 30.3 Å². The summed E-state index contributed by atoms with van der Waals surface area (Å²) >= 11 is 0. The molecule has 5 heteroatoms. The van der Waals surface area contributed by atoms with Gasteiger partial charge < -0.3 is 2.85 Å². The monoisotopic (exact) mass is 324 g/mol. The Morgan fingerprint density at radius 1 is 0.905 bits per heavy atom. The zero-order valence-electron chi connectivity index (χ0n) is 15.1. The zero-order valence-corrected chi connectivity index (χ0v) is 15.3. The van der Waals surface area contributed by atoms with Crippen molar-refractivity contribution in [3.8, 4) is 0 Å². The molecule has 0 saturated carbocycles. The molecule has 0 heterocycles. The third kappa shape index (κ3) is 9.50. The number of unbranched alkanes of at least 4 members (excludes halogenated alkanes) is 7. The van der Waals surface area contributed by atoms with Gasteiger partial charge in [-0.15, -0.1) is 0 Å². The van der Waals surface area contributed by atoms with Crippen molar-refractivity contribution in [2.45, 2.75) is 63.2 Å². The summed E-state index contributed by atoms with van der Waals surface area (Å²) in [4.78, 5) is 0.236. The molecule has 0 spiro atoms. The van der Waals surface area contributed by atoms with Gasteiger partial charge >= 0.3 is 23.1 Å². The summed E-state index contributed by atoms with van der Waals surface area (Å²) in [6, 6.07) is 8.31. The van der Waals surface area contributed by atoms with E-state index in [4.69, 9.17) is 4.18 Å². The minimum Gasteiger partial charge on any atom is -1.00 e. The molecule has 0 aromatic heterocycles. The van der Waals surface area contributed by atoms with Crippen LogP contribution in [0.25, 0.3) is 0 Å². The van der Waals surface area contributed by atoms with E-state index in [1.54, 1.807) is 30.3 Å². The van der Waals surface area contributed by atoms with Crippen molar-refractivity contribution in [2.24, 2.45) is 0 Å². The third-order valence-electron chi connectivity index (χ3n) is 3.27. The minimum absolute atomic E-state index is 0. The van der Waals surface area contributed by atoms with Crippen molar-refractivity contribution in [1.29, 1.82) is 0 Å². The van der Waals surface area contributed by atoms with Gasteiger partial charge in [0.15, 0.2) is 0 Å². The Morgan fingerprint density at radius 2 is 1.43 bits per heavy atom. The molecule has 1 aromatic rings. The third-order valence-corrected chi connectivity index (χ3v) is 4.59. The topological polar surface area (TPSA) is 43.4 Å². The second-order valence-electron chi connectivity index (χ2n) is 5.06. The maximum atomic E-state index is 11.8. The van der Waals surface area contributed by atoms with E-state index in [0.29, 0.717) is 0 Å². The molecule has 1 aromatic carbocycles. The van der Waals surface area contributed by atoms with Gasteiger partial charge in [-0.25, -0.2) is 0 Å². The maximum Gasteiger partial charge on any atom is 2.00 e. The molecular formula is C16H28MgO3S. The summed E-state index contributed by atoms with van der Waals surface area (Å²) < 4.78 is 28.7. The molecule has 0 radical (unpaired) electrons. The Bertz CT molecular complexity index is 456. The summed E-state index contributed by atoms with van der Waals surface area (Å²) in [5.74, 6) is 0. The fourth-order valence-electron chi connectivity index (χ4n) is 2.06. The maximum absolute atomic E-state index is 11.8. The second-order valence-corrected chi connectivity index (χ2v) is 6.68. The van der Waals surface area contributed by atoms with E-state index in [9.17, 15) is 8.42 Å². The van der Waals surface area contributed by atoms with Crippen LogP contribution >= 0.6 is 0 Å². The Kier molecular flexibility index (Phi) is 12.4. The van der Waals surface area contributed by atoms with Crippen molar-refractivity contribution in [3.63, 3.8) is 0 Å². The van der Waals surface area contributed by atoms with E-state index in [2.05, 4.69) is 6.92 Å². The summed E-state index contributed by atoms with van der Waals surface area (Å²) in [5.41, 5.74) is 0. The van der Waals surface area contributed by atoms with Gasteiger partial charge in [0.2, 0.25) is 0 Å². The van der Waals surface area contributed by atoms with E-state index in [-0.39, 0.29) is 37.4 Å². The van der Waals surface area contributed by atoms with Crippen LogP contribution in [-0.2, 0) is 14.3 Å². The molecule has 3 nitrogen and oxygen atoms in total. The molecule has 1 rings (SSSR count). The van der Waals surface area contributed by atoms with Gasteiger partial charge in [0.05, 0.1) is 11.5 Å². The van der Waals surface area contributed by atoms with Crippen LogP contribution in [0.15, 0.2) is 35.2 Å². The first-order valence-electron chi connectivity index (χ1n) is 7.61. The summed E-state index contributed by atoms with van der Waals surface area (Å²) in [6.07, 6.45) is 9.44. The van der Waals surface area contributed by atoms with Gasteiger partial charge in [0.25, 0.3) is 10.1 Å². The van der Waals surface area contributed by atoms with Crippen LogP contribution in [-0.4, -0.2) is 38.1 Å². The van der Waals surface area contributed by atoms with Crippen LogP contribution in [0.1, 0.15) is 61.1 Å². The molecule has 0 amide bonds. The van der Waals surface area contributed by atoms with Crippen LogP contribution in [0, 0.1) is 0 Å². The minimum atomic E-state index is -3.57. The number of hydrogen-bond acceptors (Lipinski definition) is 3. The standard InChI is InChI=1S/C16H26O3S.Mg.2H/c1-2-3-4-5-6-7-8-12-15-19-20(17,18)16-13-10-9-11-14-16;;;/h9-11,13-14H,2-8,12,15H2,1H3;;;/q;+2;2*-1. The molecule has 0 aliphatic rings. The SMILES string of the molecule is CCCCCCCCCCOS(=O)(=O)c1ccccc1.[H-].[H-].[Mg+2]. The first-order valence-corrected chi connectivity index (χ1v) is 9.02. The average molecular weight is 325 g/mol. The molecule has 0 atom stereocenters. The Hall–Kier alpha value is -0.104. The van der Waals surface area contributed by atoms with Crippen molar-refractivity contribution < 1.29 is 15.5 Å². The molecule has 21 heavy (non-hydrogen) atoms. The van der Waals surface area contributed by atoms with Crippen molar-refractivity contribution >= 4 is 33.2 Å². The molecule has 118 valence electrons. The van der Waals surface area contributed by atoms with Gasteiger partial charge in [-0.3, -0.25) is 4.18 Å². The van der Waals surface area contributed by atoms with Gasteiger partial charge in [-0.1, -0.05) is 70.1 Å². The predicted octanol–water partition coefficient (Wildman–Crippen LogP) is 4.38. The van der Waals surface area contributed by atoms with Crippen LogP contribution in [0.3, 0.4) is 0 Å². The van der Waals surface area contributed by atoms with Crippen LogP contribution in [0.2, 0.25) is 0 Å². The van der Waals surface area contributed by atoms with Gasteiger partial charge in [-0.05, 0) is 18.6 Å². The smallest absolute Gasteiger partial charge is 1.00 e. The van der Waals surface area contributed by atoms with Crippen LogP contribution in [0.5, 0.6) is 0 Å². The fourth-order valence-corrected chi connectivity index (χ4v) is 3.02. The fraction of sp³-hybridized carbons (Fsp3) is 0.625. The first-order chi connectivity index (χ1) is 9.67. The molecule has 0 saturated heterocycles. The first kappa shape index (κ1) is 20.9. The molecule has 0 N–H and O–H groups in total. The molecular weight excluding hydrogens is 297 g/mol. The Balaban J connectivity index is -0.00000133. The molecule has 0 aliphatic heterocycles. The normalized spacial score (nSPS) is 11.1. The Morgan fingerprint density at radius 3 is 2.00 bits per heavy atom. The predicted molar refractivity (Wildman–Crippen MR) is 90.2 cm³/mol. The number of rotatable bonds is 11. The van der Waals surface area contributed by atoms with Crippen LogP contribution < -0.4 is 0 Å². The molecule has 0 bridgehead atoms. The number of benzene rings is 1. The summed E-state index contributed by atoms with van der Waals surface area (Å²) in [7, 11) is -3.57. The quantitative estimate of drug-likeness (QED) is 0.345. The largest absolute Gasteiger partial charge is 2.00 e. The average Bonchev–Trinajstić information content (AvgIpc) is 2.46. The molecule has 0 unspecified atom stereocenters. The molecule has 0 aliphatic carbocycles. The number of hydrogen-bond donors (Lipinski definition) is 0. The molecule has 0 fully saturated rings. The van der Waals surface area contributed by atoms with E-state index in [0.717, 1.165) is 12.8 Å². The zero-order chi connectivity index (χ0) is 14.7. The van der Waals surface area contributed by atoms with Gasteiger partial charge in [-0.2, -0.15) is 8.42 Å².